The zero-order chi connectivity index (χ0) is 20.9. The number of carbonyl (C=O) groups is 2. The van der Waals surface area contributed by atoms with Crippen LogP contribution < -0.4 is 10.6 Å². The summed E-state index contributed by atoms with van der Waals surface area (Å²) in [6.07, 6.45) is 1.28. The van der Waals surface area contributed by atoms with Gasteiger partial charge in [-0.25, -0.2) is 8.42 Å². The van der Waals surface area contributed by atoms with Gasteiger partial charge in [0.15, 0.2) is 0 Å². The molecule has 1 unspecified atom stereocenters. The van der Waals surface area contributed by atoms with Gasteiger partial charge in [-0.2, -0.15) is 4.31 Å². The van der Waals surface area contributed by atoms with Crippen LogP contribution in [0.2, 0.25) is 0 Å². The molecule has 2 aromatic carbocycles. The van der Waals surface area contributed by atoms with Gasteiger partial charge in [0.25, 0.3) is 5.91 Å². The number of piperidine rings is 1. The van der Waals surface area contributed by atoms with E-state index in [2.05, 4.69) is 10.6 Å². The topological polar surface area (TPSA) is 95.6 Å². The second-order valence-electron chi connectivity index (χ2n) is 7.01. The molecule has 0 aliphatic carbocycles. The van der Waals surface area contributed by atoms with E-state index < -0.39 is 15.9 Å². The molecule has 1 aliphatic rings. The fourth-order valence-corrected chi connectivity index (χ4v) is 4.96. The summed E-state index contributed by atoms with van der Waals surface area (Å²) in [5, 5.41) is 5.44. The standard InChI is InChI=1S/C21H25N3O4S/c1-22-20(25)17-8-5-7-16(13-17)14-23-21(26)18-9-6-12-24(15-18)29(27,28)19-10-3-2-4-11-19/h2-5,7-8,10-11,13,18H,6,9,12,14-15H2,1H3,(H,22,25)(H,23,26). The minimum atomic E-state index is -3.60. The molecule has 7 nitrogen and oxygen atoms in total. The second kappa shape index (κ2) is 9.19. The molecular weight excluding hydrogens is 390 g/mol. The number of hydrogen-bond acceptors (Lipinski definition) is 4. The second-order valence-corrected chi connectivity index (χ2v) is 8.95. The van der Waals surface area contributed by atoms with E-state index in [1.165, 1.54) is 4.31 Å². The summed E-state index contributed by atoms with van der Waals surface area (Å²) >= 11 is 0. The van der Waals surface area contributed by atoms with E-state index in [0.29, 0.717) is 24.9 Å². The molecule has 0 radical (unpaired) electrons. The van der Waals surface area contributed by atoms with Crippen molar-refractivity contribution in [1.29, 1.82) is 0 Å². The molecule has 2 amide bonds. The molecule has 29 heavy (non-hydrogen) atoms. The first-order chi connectivity index (χ1) is 13.9. The monoisotopic (exact) mass is 415 g/mol. The van der Waals surface area contributed by atoms with E-state index in [-0.39, 0.29) is 29.8 Å². The van der Waals surface area contributed by atoms with Crippen molar-refractivity contribution in [3.05, 3.63) is 65.7 Å². The van der Waals surface area contributed by atoms with Crippen LogP contribution in [0, 0.1) is 5.92 Å². The molecule has 1 aliphatic heterocycles. The number of sulfonamides is 1. The maximum atomic E-state index is 12.8. The Morgan fingerprint density at radius 3 is 2.59 bits per heavy atom. The number of hydrogen-bond donors (Lipinski definition) is 2. The van der Waals surface area contributed by atoms with Gasteiger partial charge in [0.05, 0.1) is 10.8 Å². The average Bonchev–Trinajstić information content (AvgIpc) is 2.77. The van der Waals surface area contributed by atoms with Crippen LogP contribution >= 0.6 is 0 Å². The molecule has 8 heteroatoms. The summed E-state index contributed by atoms with van der Waals surface area (Å²) in [4.78, 5) is 24.6. The lowest BCUT2D eigenvalue weighted by Gasteiger charge is -2.31. The van der Waals surface area contributed by atoms with Gasteiger partial charge in [-0.1, -0.05) is 30.3 Å². The van der Waals surface area contributed by atoms with E-state index in [9.17, 15) is 18.0 Å². The minimum Gasteiger partial charge on any atom is -0.355 e. The van der Waals surface area contributed by atoms with Crippen molar-refractivity contribution < 1.29 is 18.0 Å². The molecule has 3 rings (SSSR count). The highest BCUT2D eigenvalue weighted by Gasteiger charge is 2.33. The minimum absolute atomic E-state index is 0.168. The first-order valence-electron chi connectivity index (χ1n) is 9.56. The van der Waals surface area contributed by atoms with Crippen molar-refractivity contribution in [3.63, 3.8) is 0 Å². The maximum absolute atomic E-state index is 12.8. The highest BCUT2D eigenvalue weighted by molar-refractivity contribution is 7.89. The van der Waals surface area contributed by atoms with Crippen molar-refractivity contribution in [2.75, 3.05) is 20.1 Å². The van der Waals surface area contributed by atoms with Crippen LogP contribution in [0.15, 0.2) is 59.5 Å². The van der Waals surface area contributed by atoms with Crippen molar-refractivity contribution in [3.8, 4) is 0 Å². The zero-order valence-electron chi connectivity index (χ0n) is 16.3. The quantitative estimate of drug-likeness (QED) is 0.752. The molecule has 1 heterocycles. The Kier molecular flexibility index (Phi) is 6.66. The number of carbonyl (C=O) groups excluding carboxylic acids is 2. The number of nitrogens with one attached hydrogen (secondary N) is 2. The molecule has 1 saturated heterocycles. The van der Waals surface area contributed by atoms with Gasteiger partial charge in [-0.15, -0.1) is 0 Å². The van der Waals surface area contributed by atoms with Gasteiger partial charge in [-0.3, -0.25) is 9.59 Å². The molecule has 0 saturated carbocycles. The molecule has 1 fully saturated rings. The largest absolute Gasteiger partial charge is 0.355 e. The Balaban J connectivity index is 1.62. The fourth-order valence-electron chi connectivity index (χ4n) is 3.42. The summed E-state index contributed by atoms with van der Waals surface area (Å²) < 4.78 is 27.0. The third kappa shape index (κ3) is 5.02. The van der Waals surface area contributed by atoms with E-state index in [0.717, 1.165) is 5.56 Å². The Labute approximate surface area is 171 Å². The molecule has 0 spiro atoms. The first kappa shape index (κ1) is 21.0. The van der Waals surface area contributed by atoms with Crippen LogP contribution in [0.3, 0.4) is 0 Å². The predicted molar refractivity (Wildman–Crippen MR) is 110 cm³/mol. The third-order valence-electron chi connectivity index (χ3n) is 5.02. The van der Waals surface area contributed by atoms with Crippen LogP contribution in [-0.2, 0) is 21.4 Å². The summed E-state index contributed by atoms with van der Waals surface area (Å²) in [7, 11) is -2.04. The van der Waals surface area contributed by atoms with Crippen LogP contribution in [0.5, 0.6) is 0 Å². The average molecular weight is 416 g/mol. The Hall–Kier alpha value is -2.71. The highest BCUT2D eigenvalue weighted by atomic mass is 32.2. The Morgan fingerprint density at radius 1 is 1.10 bits per heavy atom. The smallest absolute Gasteiger partial charge is 0.251 e. The summed E-state index contributed by atoms with van der Waals surface area (Å²) in [5.74, 6) is -0.764. The van der Waals surface area contributed by atoms with Crippen molar-refractivity contribution >= 4 is 21.8 Å². The van der Waals surface area contributed by atoms with E-state index >= 15 is 0 Å². The Morgan fingerprint density at radius 2 is 1.86 bits per heavy atom. The lowest BCUT2D eigenvalue weighted by Crippen LogP contribution is -2.45. The molecular formula is C21H25N3O4S. The van der Waals surface area contributed by atoms with Crippen LogP contribution in [0.1, 0.15) is 28.8 Å². The van der Waals surface area contributed by atoms with Gasteiger partial charge in [-0.05, 0) is 42.7 Å². The van der Waals surface area contributed by atoms with Crippen molar-refractivity contribution in [1.82, 2.24) is 14.9 Å². The molecule has 2 N–H and O–H groups in total. The van der Waals surface area contributed by atoms with E-state index in [4.69, 9.17) is 0 Å². The lowest BCUT2D eigenvalue weighted by atomic mass is 9.98. The van der Waals surface area contributed by atoms with E-state index in [1.807, 2.05) is 6.07 Å². The lowest BCUT2D eigenvalue weighted by molar-refractivity contribution is -0.126. The number of amides is 2. The zero-order valence-corrected chi connectivity index (χ0v) is 17.1. The molecule has 1 atom stereocenters. The van der Waals surface area contributed by atoms with E-state index in [1.54, 1.807) is 55.6 Å². The third-order valence-corrected chi connectivity index (χ3v) is 6.90. The van der Waals surface area contributed by atoms with Gasteiger partial charge >= 0.3 is 0 Å². The Bertz CT molecular complexity index is 976. The van der Waals surface area contributed by atoms with Crippen LogP contribution in [0.4, 0.5) is 0 Å². The predicted octanol–water partition coefficient (Wildman–Crippen LogP) is 1.76. The molecule has 0 bridgehead atoms. The molecule has 2 aromatic rings. The van der Waals surface area contributed by atoms with Crippen molar-refractivity contribution in [2.24, 2.45) is 5.92 Å². The number of rotatable bonds is 6. The maximum Gasteiger partial charge on any atom is 0.251 e. The number of benzene rings is 2. The summed E-state index contributed by atoms with van der Waals surface area (Å²) in [6.45, 7) is 0.863. The molecule has 0 aromatic heterocycles. The van der Waals surface area contributed by atoms with Crippen LogP contribution in [0.25, 0.3) is 0 Å². The number of nitrogens with zero attached hydrogens (tertiary/aromatic N) is 1. The SMILES string of the molecule is CNC(=O)c1cccc(CNC(=O)C2CCCN(S(=O)(=O)c3ccccc3)C2)c1. The van der Waals surface area contributed by atoms with Gasteiger partial charge in [0.2, 0.25) is 15.9 Å². The van der Waals surface area contributed by atoms with Crippen molar-refractivity contribution in [2.45, 2.75) is 24.3 Å². The summed E-state index contributed by atoms with van der Waals surface area (Å²) in [6, 6.07) is 15.3. The molecule has 154 valence electrons. The van der Waals surface area contributed by atoms with Gasteiger partial charge < -0.3 is 10.6 Å². The van der Waals surface area contributed by atoms with Gasteiger partial charge in [0.1, 0.15) is 0 Å². The summed E-state index contributed by atoms with van der Waals surface area (Å²) in [5.41, 5.74) is 1.33. The normalized spacial score (nSPS) is 17.5. The fraction of sp³-hybridized carbons (Fsp3) is 0.333. The highest BCUT2D eigenvalue weighted by Crippen LogP contribution is 2.24. The first-order valence-corrected chi connectivity index (χ1v) is 11.0. The van der Waals surface area contributed by atoms with Gasteiger partial charge in [0, 0.05) is 32.2 Å². The van der Waals surface area contributed by atoms with Crippen LogP contribution in [-0.4, -0.2) is 44.7 Å².